The minimum Gasteiger partial charge on any atom is -0.326 e. The summed E-state index contributed by atoms with van der Waals surface area (Å²) in [5, 5.41) is 6.00. The fraction of sp³-hybridized carbons (Fsp3) is 0.286. The van der Waals surface area contributed by atoms with Gasteiger partial charge in [-0.2, -0.15) is 4.31 Å². The number of rotatable bonds is 5. The number of nitrogens with one attached hydrogen (secondary N) is 2. The van der Waals surface area contributed by atoms with Crippen molar-refractivity contribution in [2.24, 2.45) is 5.92 Å². The fourth-order valence-corrected chi connectivity index (χ4v) is 6.04. The van der Waals surface area contributed by atoms with Gasteiger partial charge in [0.1, 0.15) is 0 Å². The van der Waals surface area contributed by atoms with E-state index in [1.807, 2.05) is 0 Å². The number of carbonyl (C=O) groups excluding carboxylic acids is 2. The summed E-state index contributed by atoms with van der Waals surface area (Å²) in [5.74, 6) is -0.854. The Hall–Kier alpha value is -2.82. The van der Waals surface area contributed by atoms with Crippen LogP contribution in [-0.4, -0.2) is 42.6 Å². The van der Waals surface area contributed by atoms with E-state index < -0.39 is 15.9 Å². The Balaban J connectivity index is 1.46. The molecule has 8 nitrogen and oxygen atoms in total. The molecular weight excluding hydrogens is 436 g/mol. The number of sulfonamides is 1. The van der Waals surface area contributed by atoms with E-state index in [1.165, 1.54) is 22.6 Å². The van der Waals surface area contributed by atoms with Crippen molar-refractivity contribution in [1.82, 2.24) is 9.29 Å². The van der Waals surface area contributed by atoms with Crippen LogP contribution in [0.3, 0.4) is 0 Å². The van der Waals surface area contributed by atoms with Gasteiger partial charge in [-0.1, -0.05) is 29.5 Å². The molecule has 0 saturated carbocycles. The molecule has 1 aliphatic rings. The second-order valence-electron chi connectivity index (χ2n) is 7.39. The van der Waals surface area contributed by atoms with Gasteiger partial charge in [-0.05, 0) is 43.2 Å². The van der Waals surface area contributed by atoms with Gasteiger partial charge < -0.3 is 10.6 Å². The second kappa shape index (κ2) is 8.74. The van der Waals surface area contributed by atoms with Crippen LogP contribution in [0.4, 0.5) is 10.8 Å². The molecule has 0 radical (unpaired) electrons. The van der Waals surface area contributed by atoms with E-state index in [0.717, 1.165) is 4.70 Å². The predicted octanol–water partition coefficient (Wildman–Crippen LogP) is 3.29. The number of carbonyl (C=O) groups is 2. The minimum absolute atomic E-state index is 0.140. The van der Waals surface area contributed by atoms with Crippen LogP contribution < -0.4 is 10.6 Å². The van der Waals surface area contributed by atoms with E-state index in [0.29, 0.717) is 35.7 Å². The van der Waals surface area contributed by atoms with Gasteiger partial charge in [-0.3, -0.25) is 9.59 Å². The average Bonchev–Trinajstić information content (AvgIpc) is 3.15. The monoisotopic (exact) mass is 458 g/mol. The largest absolute Gasteiger partial charge is 0.326 e. The van der Waals surface area contributed by atoms with Crippen molar-refractivity contribution >= 4 is 54.2 Å². The Bertz CT molecular complexity index is 1220. The number of amides is 2. The highest BCUT2D eigenvalue weighted by atomic mass is 32.2. The molecule has 3 aromatic rings. The average molecular weight is 459 g/mol. The van der Waals surface area contributed by atoms with Crippen molar-refractivity contribution in [2.75, 3.05) is 23.7 Å². The van der Waals surface area contributed by atoms with Gasteiger partial charge in [0, 0.05) is 25.7 Å². The highest BCUT2D eigenvalue weighted by molar-refractivity contribution is 7.89. The lowest BCUT2D eigenvalue weighted by Crippen LogP contribution is -2.43. The number of hydrogen-bond acceptors (Lipinski definition) is 6. The molecule has 2 heterocycles. The lowest BCUT2D eigenvalue weighted by Gasteiger charge is -2.31. The summed E-state index contributed by atoms with van der Waals surface area (Å²) < 4.78 is 28.0. The summed E-state index contributed by atoms with van der Waals surface area (Å²) in [6.07, 6.45) is 1.23. The Kier molecular flexibility index (Phi) is 6.03. The van der Waals surface area contributed by atoms with Crippen LogP contribution >= 0.6 is 11.3 Å². The SMILES string of the molecule is CC(=O)Nc1ccc2nc(NC(=O)C3CCCN(S(=O)(=O)c4ccccc4)C3)sc2c1. The van der Waals surface area contributed by atoms with Gasteiger partial charge in [0.25, 0.3) is 0 Å². The van der Waals surface area contributed by atoms with Gasteiger partial charge in [-0.25, -0.2) is 13.4 Å². The van der Waals surface area contributed by atoms with Gasteiger partial charge in [0.2, 0.25) is 21.8 Å². The molecule has 4 rings (SSSR count). The summed E-state index contributed by atoms with van der Waals surface area (Å²) in [6, 6.07) is 13.6. The molecule has 1 unspecified atom stereocenters. The van der Waals surface area contributed by atoms with E-state index in [9.17, 15) is 18.0 Å². The van der Waals surface area contributed by atoms with Crippen LogP contribution in [0.1, 0.15) is 19.8 Å². The number of hydrogen-bond donors (Lipinski definition) is 2. The number of aromatic nitrogens is 1. The first-order valence-electron chi connectivity index (χ1n) is 9.87. The maximum absolute atomic E-state index is 12.9. The van der Waals surface area contributed by atoms with Crippen molar-refractivity contribution in [2.45, 2.75) is 24.7 Å². The van der Waals surface area contributed by atoms with Crippen molar-refractivity contribution in [1.29, 1.82) is 0 Å². The molecule has 1 fully saturated rings. The molecule has 1 atom stereocenters. The van der Waals surface area contributed by atoms with E-state index >= 15 is 0 Å². The maximum atomic E-state index is 12.9. The highest BCUT2D eigenvalue weighted by Crippen LogP contribution is 2.30. The molecule has 2 amide bonds. The Morgan fingerprint density at radius 1 is 1.13 bits per heavy atom. The van der Waals surface area contributed by atoms with Crippen molar-refractivity contribution < 1.29 is 18.0 Å². The number of nitrogens with zero attached hydrogens (tertiary/aromatic N) is 2. The summed E-state index contributed by atoms with van der Waals surface area (Å²) in [7, 11) is -3.63. The van der Waals surface area contributed by atoms with E-state index in [1.54, 1.807) is 48.5 Å². The minimum atomic E-state index is -3.63. The summed E-state index contributed by atoms with van der Waals surface area (Å²) in [4.78, 5) is 28.7. The number of fused-ring (bicyclic) bond motifs is 1. The molecule has 1 saturated heterocycles. The molecule has 2 aromatic carbocycles. The third-order valence-electron chi connectivity index (χ3n) is 5.07. The maximum Gasteiger partial charge on any atom is 0.243 e. The first-order chi connectivity index (χ1) is 14.8. The van der Waals surface area contributed by atoms with Gasteiger partial charge in [0.05, 0.1) is 21.0 Å². The van der Waals surface area contributed by atoms with E-state index in [-0.39, 0.29) is 23.3 Å². The fourth-order valence-electron chi connectivity index (χ4n) is 3.58. The molecule has 0 bridgehead atoms. The second-order valence-corrected chi connectivity index (χ2v) is 10.4. The standard InChI is InChI=1S/C21H22N4O4S2/c1-14(26)22-16-9-10-18-19(12-16)30-21(23-18)24-20(27)15-6-5-11-25(13-15)31(28,29)17-7-3-2-4-8-17/h2-4,7-10,12,15H,5-6,11,13H2,1H3,(H,22,26)(H,23,24,27). The lowest BCUT2D eigenvalue weighted by atomic mass is 9.99. The molecular formula is C21H22N4O4S2. The summed E-state index contributed by atoms with van der Waals surface area (Å²) >= 11 is 1.31. The van der Waals surface area contributed by atoms with Crippen molar-refractivity contribution in [3.63, 3.8) is 0 Å². The molecule has 0 aliphatic carbocycles. The number of thiazole rings is 1. The van der Waals surface area contributed by atoms with Gasteiger partial charge in [0.15, 0.2) is 5.13 Å². The molecule has 10 heteroatoms. The van der Waals surface area contributed by atoms with Crippen LogP contribution in [-0.2, 0) is 19.6 Å². The molecule has 1 aliphatic heterocycles. The van der Waals surface area contributed by atoms with Gasteiger partial charge >= 0.3 is 0 Å². The van der Waals surface area contributed by atoms with E-state index in [4.69, 9.17) is 0 Å². The van der Waals surface area contributed by atoms with Crippen LogP contribution in [0, 0.1) is 5.92 Å². The quantitative estimate of drug-likeness (QED) is 0.610. The molecule has 0 spiro atoms. The zero-order valence-electron chi connectivity index (χ0n) is 16.9. The zero-order chi connectivity index (χ0) is 22.0. The molecule has 162 valence electrons. The number of anilines is 2. The van der Waals surface area contributed by atoms with Crippen molar-refractivity contribution in [3.8, 4) is 0 Å². The third-order valence-corrected chi connectivity index (χ3v) is 7.89. The summed E-state index contributed by atoms with van der Waals surface area (Å²) in [6.45, 7) is 1.97. The van der Waals surface area contributed by atoms with Gasteiger partial charge in [-0.15, -0.1) is 0 Å². The topological polar surface area (TPSA) is 108 Å². The molecule has 2 N–H and O–H groups in total. The number of benzene rings is 2. The predicted molar refractivity (Wildman–Crippen MR) is 120 cm³/mol. The molecule has 31 heavy (non-hydrogen) atoms. The Morgan fingerprint density at radius 2 is 1.90 bits per heavy atom. The van der Waals surface area contributed by atoms with E-state index in [2.05, 4.69) is 15.6 Å². The van der Waals surface area contributed by atoms with Crippen LogP contribution in [0.15, 0.2) is 53.4 Å². The highest BCUT2D eigenvalue weighted by Gasteiger charge is 2.33. The third kappa shape index (κ3) is 4.76. The number of piperidine rings is 1. The Labute approximate surface area is 184 Å². The smallest absolute Gasteiger partial charge is 0.243 e. The Morgan fingerprint density at radius 3 is 2.65 bits per heavy atom. The zero-order valence-corrected chi connectivity index (χ0v) is 18.5. The first kappa shape index (κ1) is 21.4. The van der Waals surface area contributed by atoms with Crippen molar-refractivity contribution in [3.05, 3.63) is 48.5 Å². The summed E-state index contributed by atoms with van der Waals surface area (Å²) in [5.41, 5.74) is 1.38. The lowest BCUT2D eigenvalue weighted by molar-refractivity contribution is -0.121. The van der Waals surface area contributed by atoms with Crippen LogP contribution in [0.25, 0.3) is 10.2 Å². The normalized spacial score (nSPS) is 17.4. The molecule has 1 aromatic heterocycles. The van der Waals surface area contributed by atoms with Crippen LogP contribution in [0.5, 0.6) is 0 Å². The van der Waals surface area contributed by atoms with Crippen LogP contribution in [0.2, 0.25) is 0 Å². The first-order valence-corrected chi connectivity index (χ1v) is 12.1.